The molecule has 0 aliphatic heterocycles. The van der Waals surface area contributed by atoms with E-state index < -0.39 is 6.10 Å². The first-order chi connectivity index (χ1) is 9.08. The molecule has 1 atom stereocenters. The van der Waals surface area contributed by atoms with Crippen LogP contribution in [0.25, 0.3) is 0 Å². The molecule has 1 unspecified atom stereocenters. The van der Waals surface area contributed by atoms with Crippen LogP contribution in [0.4, 0.5) is 5.82 Å². The zero-order valence-electron chi connectivity index (χ0n) is 11.7. The Balaban J connectivity index is 2.16. The summed E-state index contributed by atoms with van der Waals surface area (Å²) in [6.45, 7) is 4.51. The van der Waals surface area contributed by atoms with Crippen molar-refractivity contribution in [3.8, 4) is 0 Å². The molecule has 0 bridgehead atoms. The summed E-state index contributed by atoms with van der Waals surface area (Å²) >= 11 is 0. The van der Waals surface area contributed by atoms with Crippen molar-refractivity contribution in [3.05, 3.63) is 59.3 Å². The van der Waals surface area contributed by atoms with Crippen LogP contribution in [0.1, 0.15) is 29.8 Å². The number of aliphatic hydroxyl groups excluding tert-OH is 1. The Kier molecular flexibility index (Phi) is 4.17. The minimum atomic E-state index is -0.471. The smallest absolute Gasteiger partial charge is 0.128 e. The first kappa shape index (κ1) is 13.6. The van der Waals surface area contributed by atoms with Crippen LogP contribution in [0.3, 0.4) is 0 Å². The summed E-state index contributed by atoms with van der Waals surface area (Å²) in [5.74, 6) is 0.922. The summed E-state index contributed by atoms with van der Waals surface area (Å²) in [5.41, 5.74) is 3.02. The molecule has 0 aliphatic rings. The molecule has 1 heterocycles. The molecule has 0 radical (unpaired) electrons. The molecule has 0 saturated carbocycles. The van der Waals surface area contributed by atoms with Crippen molar-refractivity contribution >= 4 is 5.82 Å². The van der Waals surface area contributed by atoms with Gasteiger partial charge in [-0.1, -0.05) is 36.4 Å². The van der Waals surface area contributed by atoms with Gasteiger partial charge < -0.3 is 10.0 Å². The van der Waals surface area contributed by atoms with Gasteiger partial charge in [0.05, 0.1) is 6.10 Å². The Hall–Kier alpha value is -1.87. The number of aryl methyl sites for hydroxylation is 1. The van der Waals surface area contributed by atoms with E-state index >= 15 is 0 Å². The molecular formula is C16H20N2O. The lowest BCUT2D eigenvalue weighted by molar-refractivity contribution is 0.198. The lowest BCUT2D eigenvalue weighted by Gasteiger charge is -2.20. The van der Waals surface area contributed by atoms with E-state index in [0.717, 1.165) is 23.6 Å². The highest BCUT2D eigenvalue weighted by Gasteiger charge is 2.09. The van der Waals surface area contributed by atoms with Crippen molar-refractivity contribution in [2.24, 2.45) is 0 Å². The van der Waals surface area contributed by atoms with Crippen molar-refractivity contribution in [2.45, 2.75) is 26.5 Å². The Bertz CT molecular complexity index is 538. The van der Waals surface area contributed by atoms with Crippen LogP contribution in [0.15, 0.2) is 42.5 Å². The number of nitrogens with zero attached hydrogens (tertiary/aromatic N) is 2. The van der Waals surface area contributed by atoms with Gasteiger partial charge in [0, 0.05) is 24.8 Å². The highest BCUT2D eigenvalue weighted by atomic mass is 16.3. The maximum Gasteiger partial charge on any atom is 0.128 e. The largest absolute Gasteiger partial charge is 0.389 e. The normalized spacial score (nSPS) is 12.2. The highest BCUT2D eigenvalue weighted by Crippen LogP contribution is 2.20. The van der Waals surface area contributed by atoms with Crippen LogP contribution in [0, 0.1) is 6.92 Å². The minimum absolute atomic E-state index is 0.471. The Morgan fingerprint density at radius 3 is 2.42 bits per heavy atom. The Morgan fingerprint density at radius 2 is 1.84 bits per heavy atom. The number of hydrogen-bond donors (Lipinski definition) is 1. The van der Waals surface area contributed by atoms with Gasteiger partial charge in [-0.05, 0) is 25.5 Å². The zero-order chi connectivity index (χ0) is 13.8. The molecular weight excluding hydrogens is 236 g/mol. The van der Waals surface area contributed by atoms with E-state index in [1.807, 2.05) is 44.3 Å². The molecule has 2 aromatic rings. The van der Waals surface area contributed by atoms with E-state index in [9.17, 15) is 5.11 Å². The second kappa shape index (κ2) is 5.85. The molecule has 0 aliphatic carbocycles. The van der Waals surface area contributed by atoms with Crippen molar-refractivity contribution in [2.75, 3.05) is 11.9 Å². The summed E-state index contributed by atoms with van der Waals surface area (Å²) in [6, 6.07) is 14.2. The highest BCUT2D eigenvalue weighted by molar-refractivity contribution is 5.42. The lowest BCUT2D eigenvalue weighted by Crippen LogP contribution is -2.18. The van der Waals surface area contributed by atoms with Gasteiger partial charge in [0.15, 0.2) is 0 Å². The predicted octanol–water partition coefficient (Wildman–Crippen LogP) is 3.08. The molecule has 2 rings (SSSR count). The third-order valence-corrected chi connectivity index (χ3v) is 3.22. The number of aliphatic hydroxyl groups is 1. The molecule has 3 nitrogen and oxygen atoms in total. The molecule has 0 saturated heterocycles. The topological polar surface area (TPSA) is 36.4 Å². The molecule has 1 N–H and O–H groups in total. The van der Waals surface area contributed by atoms with Crippen molar-refractivity contribution in [1.82, 2.24) is 4.98 Å². The number of pyridine rings is 1. The van der Waals surface area contributed by atoms with E-state index in [1.54, 1.807) is 6.92 Å². The number of anilines is 1. The average molecular weight is 256 g/mol. The van der Waals surface area contributed by atoms with E-state index in [2.05, 4.69) is 22.0 Å². The van der Waals surface area contributed by atoms with Gasteiger partial charge in [0.25, 0.3) is 0 Å². The third-order valence-electron chi connectivity index (χ3n) is 3.22. The zero-order valence-corrected chi connectivity index (χ0v) is 11.7. The second-order valence-corrected chi connectivity index (χ2v) is 4.86. The molecule has 3 heteroatoms. The van der Waals surface area contributed by atoms with Crippen LogP contribution in [0.5, 0.6) is 0 Å². The molecule has 0 spiro atoms. The SMILES string of the molecule is Cc1nc(N(C)Cc2ccccc2)ccc1C(C)O. The van der Waals surface area contributed by atoms with Gasteiger partial charge >= 0.3 is 0 Å². The van der Waals surface area contributed by atoms with Crippen LogP contribution >= 0.6 is 0 Å². The van der Waals surface area contributed by atoms with Crippen LogP contribution in [0.2, 0.25) is 0 Å². The fraction of sp³-hybridized carbons (Fsp3) is 0.312. The Labute approximate surface area is 114 Å². The maximum absolute atomic E-state index is 9.62. The van der Waals surface area contributed by atoms with Gasteiger partial charge in [0.1, 0.15) is 5.82 Å². The van der Waals surface area contributed by atoms with Gasteiger partial charge in [-0.25, -0.2) is 4.98 Å². The van der Waals surface area contributed by atoms with Gasteiger partial charge in [0.2, 0.25) is 0 Å². The molecule has 0 fully saturated rings. The standard InChI is InChI=1S/C16H20N2O/c1-12-15(13(2)19)9-10-16(17-12)18(3)11-14-7-5-4-6-8-14/h4-10,13,19H,11H2,1-3H3. The molecule has 1 aromatic heterocycles. The fourth-order valence-electron chi connectivity index (χ4n) is 2.15. The molecule has 19 heavy (non-hydrogen) atoms. The monoisotopic (exact) mass is 256 g/mol. The van der Waals surface area contributed by atoms with Gasteiger partial charge in [-0.15, -0.1) is 0 Å². The molecule has 100 valence electrons. The summed E-state index contributed by atoms with van der Waals surface area (Å²) in [7, 11) is 2.02. The van der Waals surface area contributed by atoms with Crippen molar-refractivity contribution in [1.29, 1.82) is 0 Å². The Morgan fingerprint density at radius 1 is 1.16 bits per heavy atom. The third kappa shape index (κ3) is 3.32. The lowest BCUT2D eigenvalue weighted by atomic mass is 10.1. The van der Waals surface area contributed by atoms with E-state index in [4.69, 9.17) is 0 Å². The van der Waals surface area contributed by atoms with Crippen molar-refractivity contribution < 1.29 is 5.11 Å². The van der Waals surface area contributed by atoms with Crippen molar-refractivity contribution in [3.63, 3.8) is 0 Å². The quantitative estimate of drug-likeness (QED) is 0.913. The van der Waals surface area contributed by atoms with Gasteiger partial charge in [-0.3, -0.25) is 0 Å². The van der Waals surface area contributed by atoms with Crippen LogP contribution in [-0.2, 0) is 6.54 Å². The predicted molar refractivity (Wildman–Crippen MR) is 78.2 cm³/mol. The van der Waals surface area contributed by atoms with E-state index in [1.165, 1.54) is 5.56 Å². The van der Waals surface area contributed by atoms with E-state index in [-0.39, 0.29) is 0 Å². The first-order valence-electron chi connectivity index (χ1n) is 6.48. The number of benzene rings is 1. The van der Waals surface area contributed by atoms with Crippen LogP contribution < -0.4 is 4.90 Å². The summed E-state index contributed by atoms with van der Waals surface area (Å²) < 4.78 is 0. The summed E-state index contributed by atoms with van der Waals surface area (Å²) in [5, 5.41) is 9.62. The number of rotatable bonds is 4. The second-order valence-electron chi connectivity index (χ2n) is 4.86. The van der Waals surface area contributed by atoms with E-state index in [0.29, 0.717) is 0 Å². The number of hydrogen-bond acceptors (Lipinski definition) is 3. The average Bonchev–Trinajstić information content (AvgIpc) is 2.39. The first-order valence-corrected chi connectivity index (χ1v) is 6.48. The molecule has 1 aromatic carbocycles. The minimum Gasteiger partial charge on any atom is -0.389 e. The summed E-state index contributed by atoms with van der Waals surface area (Å²) in [6.07, 6.45) is -0.471. The number of aromatic nitrogens is 1. The fourth-order valence-corrected chi connectivity index (χ4v) is 2.15. The molecule has 0 amide bonds. The summed E-state index contributed by atoms with van der Waals surface area (Å²) in [4.78, 5) is 6.66. The maximum atomic E-state index is 9.62. The van der Waals surface area contributed by atoms with Gasteiger partial charge in [-0.2, -0.15) is 0 Å². The van der Waals surface area contributed by atoms with Crippen LogP contribution in [-0.4, -0.2) is 17.1 Å².